The molecule has 8 heavy (non-hydrogen) atoms. The predicted molar refractivity (Wildman–Crippen MR) is 36.2 cm³/mol. The first-order chi connectivity index (χ1) is 3.89. The third-order valence-corrected chi connectivity index (χ3v) is 1.46. The van der Waals surface area contributed by atoms with Gasteiger partial charge in [0.1, 0.15) is 6.79 Å². The highest BCUT2D eigenvalue weighted by atomic mass is 32.1. The van der Waals surface area contributed by atoms with Crippen LogP contribution < -0.4 is 0 Å². The summed E-state index contributed by atoms with van der Waals surface area (Å²) in [7, 11) is 0. The van der Waals surface area contributed by atoms with Crippen molar-refractivity contribution in [3.63, 3.8) is 0 Å². The molecule has 44 valence electrons. The Kier molecular flexibility index (Phi) is 4.17. The molecule has 1 aromatic rings. The van der Waals surface area contributed by atoms with Crippen molar-refractivity contribution >= 4 is 18.1 Å². The highest BCUT2D eigenvalue weighted by Gasteiger charge is 1.74. The van der Waals surface area contributed by atoms with E-state index in [2.05, 4.69) is 24.4 Å². The number of carbonyl (C=O) groups excluding carboxylic acids is 1. The lowest BCUT2D eigenvalue weighted by Crippen LogP contribution is -1.42. The third-order valence-electron chi connectivity index (χ3n) is 0.663. The molecule has 0 N–H and O–H groups in total. The van der Waals surface area contributed by atoms with E-state index in [4.69, 9.17) is 4.79 Å². The van der Waals surface area contributed by atoms with Crippen LogP contribution in [0.1, 0.15) is 4.88 Å². The van der Waals surface area contributed by atoms with Gasteiger partial charge in [0.15, 0.2) is 0 Å². The number of rotatable bonds is 0. The Morgan fingerprint density at radius 1 is 1.62 bits per heavy atom. The first kappa shape index (κ1) is 7.37. The Morgan fingerprint density at radius 3 is 2.38 bits per heavy atom. The smallest absolute Gasteiger partial charge is 0.106 e. The summed E-state index contributed by atoms with van der Waals surface area (Å²) in [4.78, 5) is 9.38. The summed E-state index contributed by atoms with van der Waals surface area (Å²) in [6, 6.07) is 4.16. The quantitative estimate of drug-likeness (QED) is 0.521. The number of hydrogen-bond acceptors (Lipinski definition) is 2. The molecular formula is C6H8OS. The minimum atomic E-state index is 1.38. The van der Waals surface area contributed by atoms with E-state index < -0.39 is 0 Å². The van der Waals surface area contributed by atoms with Crippen LogP contribution in [0.25, 0.3) is 0 Å². The molecule has 0 unspecified atom stereocenters. The first-order valence-corrected chi connectivity index (χ1v) is 3.06. The molecule has 1 rings (SSSR count). The highest BCUT2D eigenvalue weighted by molar-refractivity contribution is 7.09. The summed E-state index contributed by atoms with van der Waals surface area (Å²) in [6.45, 7) is 4.10. The van der Waals surface area contributed by atoms with E-state index in [0.717, 1.165) is 0 Å². The Balaban J connectivity index is 0.000000222. The molecule has 0 aliphatic heterocycles. The van der Waals surface area contributed by atoms with Crippen LogP contribution in [0, 0.1) is 6.92 Å². The molecule has 0 aliphatic rings. The monoisotopic (exact) mass is 128 g/mol. The van der Waals surface area contributed by atoms with Crippen molar-refractivity contribution in [2.75, 3.05) is 0 Å². The van der Waals surface area contributed by atoms with Gasteiger partial charge >= 0.3 is 0 Å². The minimum absolute atomic E-state index is 1.38. The fourth-order valence-corrected chi connectivity index (χ4v) is 0.890. The number of hydrogen-bond donors (Lipinski definition) is 0. The SMILES string of the molecule is C=O.Cc1cccs1. The van der Waals surface area contributed by atoms with Crippen LogP contribution in [0.4, 0.5) is 0 Å². The molecule has 0 bridgehead atoms. The summed E-state index contributed by atoms with van der Waals surface area (Å²) in [5.41, 5.74) is 0. The number of thiophene rings is 1. The second-order valence-electron chi connectivity index (χ2n) is 1.22. The summed E-state index contributed by atoms with van der Waals surface area (Å²) in [6.07, 6.45) is 0. The van der Waals surface area contributed by atoms with E-state index in [0.29, 0.717) is 0 Å². The molecule has 0 atom stereocenters. The van der Waals surface area contributed by atoms with E-state index in [1.165, 1.54) is 4.88 Å². The van der Waals surface area contributed by atoms with Crippen LogP contribution in [0.5, 0.6) is 0 Å². The second-order valence-corrected chi connectivity index (χ2v) is 2.38. The van der Waals surface area contributed by atoms with Crippen molar-refractivity contribution in [1.29, 1.82) is 0 Å². The Hall–Kier alpha value is -0.630. The van der Waals surface area contributed by atoms with Gasteiger partial charge in [0.2, 0.25) is 0 Å². The predicted octanol–water partition coefficient (Wildman–Crippen LogP) is 1.87. The fraction of sp³-hybridized carbons (Fsp3) is 0.167. The van der Waals surface area contributed by atoms with Gasteiger partial charge in [-0.1, -0.05) is 6.07 Å². The summed E-state index contributed by atoms with van der Waals surface area (Å²) >= 11 is 1.78. The average molecular weight is 128 g/mol. The molecule has 0 fully saturated rings. The van der Waals surface area contributed by atoms with Gasteiger partial charge in [0.05, 0.1) is 0 Å². The van der Waals surface area contributed by atoms with Gasteiger partial charge in [-0.2, -0.15) is 0 Å². The van der Waals surface area contributed by atoms with Gasteiger partial charge in [-0.25, -0.2) is 0 Å². The lowest BCUT2D eigenvalue weighted by molar-refractivity contribution is -0.0979. The van der Waals surface area contributed by atoms with Crippen LogP contribution in [-0.2, 0) is 4.79 Å². The molecule has 1 nitrogen and oxygen atoms in total. The summed E-state index contributed by atoms with van der Waals surface area (Å²) in [5.74, 6) is 0. The largest absolute Gasteiger partial charge is 0.307 e. The van der Waals surface area contributed by atoms with E-state index in [9.17, 15) is 0 Å². The van der Waals surface area contributed by atoms with Crippen LogP contribution in [-0.4, -0.2) is 6.79 Å². The van der Waals surface area contributed by atoms with Gasteiger partial charge < -0.3 is 4.79 Å². The average Bonchev–Trinajstić information content (AvgIpc) is 2.24. The van der Waals surface area contributed by atoms with E-state index in [1.54, 1.807) is 11.3 Å². The van der Waals surface area contributed by atoms with Crippen molar-refractivity contribution in [2.24, 2.45) is 0 Å². The third kappa shape index (κ3) is 2.53. The van der Waals surface area contributed by atoms with Crippen LogP contribution >= 0.6 is 11.3 Å². The maximum atomic E-state index is 8.00. The zero-order chi connectivity index (χ0) is 6.41. The lowest BCUT2D eigenvalue weighted by Gasteiger charge is -1.65. The van der Waals surface area contributed by atoms with Gasteiger partial charge in [0.25, 0.3) is 0 Å². The normalized spacial score (nSPS) is 7.12. The zero-order valence-electron chi connectivity index (χ0n) is 4.76. The Morgan fingerprint density at radius 2 is 2.25 bits per heavy atom. The molecule has 1 heterocycles. The number of carbonyl (C=O) groups is 1. The zero-order valence-corrected chi connectivity index (χ0v) is 5.57. The van der Waals surface area contributed by atoms with Gasteiger partial charge in [-0.15, -0.1) is 11.3 Å². The second kappa shape index (κ2) is 4.53. The fourth-order valence-electron chi connectivity index (χ4n) is 0.361. The molecule has 1 aromatic heterocycles. The van der Waals surface area contributed by atoms with Crippen molar-refractivity contribution in [1.82, 2.24) is 0 Å². The molecule has 0 amide bonds. The van der Waals surface area contributed by atoms with Gasteiger partial charge in [-0.05, 0) is 18.4 Å². The maximum absolute atomic E-state index is 8.00. The van der Waals surface area contributed by atoms with Gasteiger partial charge in [0, 0.05) is 4.88 Å². The maximum Gasteiger partial charge on any atom is 0.106 e. The van der Waals surface area contributed by atoms with Crippen molar-refractivity contribution in [3.8, 4) is 0 Å². The standard InChI is InChI=1S/C5H6S.CH2O/c1-5-3-2-4-6-5;1-2/h2-4H,1H3;1H2. The minimum Gasteiger partial charge on any atom is -0.307 e. The first-order valence-electron chi connectivity index (χ1n) is 2.18. The van der Waals surface area contributed by atoms with Gasteiger partial charge in [-0.3, -0.25) is 0 Å². The molecule has 2 heteroatoms. The van der Waals surface area contributed by atoms with Crippen molar-refractivity contribution in [2.45, 2.75) is 6.92 Å². The molecule has 0 aromatic carbocycles. The summed E-state index contributed by atoms with van der Waals surface area (Å²) < 4.78 is 0. The van der Waals surface area contributed by atoms with Crippen LogP contribution in [0.15, 0.2) is 17.5 Å². The summed E-state index contributed by atoms with van der Waals surface area (Å²) in [5, 5.41) is 2.08. The molecule has 0 radical (unpaired) electrons. The molecule has 0 aliphatic carbocycles. The van der Waals surface area contributed by atoms with Crippen molar-refractivity contribution < 1.29 is 4.79 Å². The van der Waals surface area contributed by atoms with Crippen molar-refractivity contribution in [3.05, 3.63) is 22.4 Å². The van der Waals surface area contributed by atoms with E-state index in [-0.39, 0.29) is 0 Å². The number of aryl methyl sites for hydroxylation is 1. The Labute approximate surface area is 53.0 Å². The van der Waals surface area contributed by atoms with E-state index >= 15 is 0 Å². The van der Waals surface area contributed by atoms with Crippen LogP contribution in [0.2, 0.25) is 0 Å². The molecule has 0 saturated carbocycles. The topological polar surface area (TPSA) is 17.1 Å². The van der Waals surface area contributed by atoms with Crippen LogP contribution in [0.3, 0.4) is 0 Å². The Bertz CT molecular complexity index is 123. The molecule has 0 saturated heterocycles. The molecule has 0 spiro atoms. The van der Waals surface area contributed by atoms with E-state index in [1.807, 2.05) is 6.79 Å². The molecular weight excluding hydrogens is 120 g/mol. The highest BCUT2D eigenvalue weighted by Crippen LogP contribution is 2.03. The lowest BCUT2D eigenvalue weighted by atomic mass is 10.5.